The van der Waals surface area contributed by atoms with E-state index in [9.17, 15) is 4.79 Å². The molecule has 1 rings (SSSR count). The van der Waals surface area contributed by atoms with Gasteiger partial charge in [0.2, 0.25) is 0 Å². The van der Waals surface area contributed by atoms with Gasteiger partial charge in [-0.1, -0.05) is 23.7 Å². The molecule has 0 aliphatic heterocycles. The fraction of sp³-hybridized carbons (Fsp3) is 0.500. The Hall–Kier alpha value is -1.30. The molecule has 0 aromatic heterocycles. The number of rotatable bonds is 9. The fourth-order valence-corrected chi connectivity index (χ4v) is 1.84. The number of ether oxygens (including phenoxy) is 1. The third-order valence-electron chi connectivity index (χ3n) is 2.72. The molecule has 5 nitrogen and oxygen atoms in total. The lowest BCUT2D eigenvalue weighted by Crippen LogP contribution is -2.38. The molecule has 0 unspecified atom stereocenters. The summed E-state index contributed by atoms with van der Waals surface area (Å²) in [6.07, 6.45) is 0. The van der Waals surface area contributed by atoms with Crippen molar-refractivity contribution in [2.24, 2.45) is 0 Å². The van der Waals surface area contributed by atoms with Crippen LogP contribution in [0.2, 0.25) is 5.02 Å². The number of para-hydroxylation sites is 1. The second kappa shape index (κ2) is 8.79. The van der Waals surface area contributed by atoms with Crippen molar-refractivity contribution in [2.75, 3.05) is 46.9 Å². The predicted molar refractivity (Wildman–Crippen MR) is 79.6 cm³/mol. The molecule has 0 amide bonds. The number of hydrogen-bond acceptors (Lipinski definition) is 4. The van der Waals surface area contributed by atoms with Crippen molar-refractivity contribution in [3.05, 3.63) is 29.3 Å². The highest BCUT2D eigenvalue weighted by molar-refractivity contribution is 6.32. The van der Waals surface area contributed by atoms with Crippen LogP contribution in [0.25, 0.3) is 0 Å². The van der Waals surface area contributed by atoms with Crippen molar-refractivity contribution >= 4 is 17.6 Å². The first-order chi connectivity index (χ1) is 9.49. The van der Waals surface area contributed by atoms with E-state index in [4.69, 9.17) is 21.4 Å². The average molecular weight is 301 g/mol. The van der Waals surface area contributed by atoms with Gasteiger partial charge in [-0.2, -0.15) is 0 Å². The van der Waals surface area contributed by atoms with Gasteiger partial charge in [0, 0.05) is 19.6 Å². The predicted octanol–water partition coefficient (Wildman–Crippen LogP) is 1.67. The Bertz CT molecular complexity index is 427. The van der Waals surface area contributed by atoms with E-state index in [1.807, 2.05) is 36.0 Å². The zero-order valence-electron chi connectivity index (χ0n) is 11.9. The zero-order valence-corrected chi connectivity index (χ0v) is 12.6. The number of aliphatic carboxylic acids is 1. The van der Waals surface area contributed by atoms with Gasteiger partial charge < -0.3 is 14.7 Å². The smallest absolute Gasteiger partial charge is 0.317 e. The summed E-state index contributed by atoms with van der Waals surface area (Å²) in [5, 5.41) is 9.45. The van der Waals surface area contributed by atoms with Gasteiger partial charge in [0.15, 0.2) is 0 Å². The molecule has 0 fully saturated rings. The average Bonchev–Trinajstić information content (AvgIpc) is 2.37. The van der Waals surface area contributed by atoms with Crippen molar-refractivity contribution in [3.8, 4) is 5.75 Å². The van der Waals surface area contributed by atoms with Crippen LogP contribution in [0.3, 0.4) is 0 Å². The minimum atomic E-state index is -0.832. The molecule has 1 aromatic carbocycles. The maximum atomic E-state index is 10.8. The molecule has 1 aromatic rings. The fourth-order valence-electron chi connectivity index (χ4n) is 1.65. The maximum Gasteiger partial charge on any atom is 0.317 e. The van der Waals surface area contributed by atoms with Crippen molar-refractivity contribution in [1.82, 2.24) is 9.80 Å². The van der Waals surface area contributed by atoms with Gasteiger partial charge in [-0.15, -0.1) is 0 Å². The number of hydrogen-bond donors (Lipinski definition) is 1. The van der Waals surface area contributed by atoms with Crippen LogP contribution in [-0.2, 0) is 4.79 Å². The summed E-state index contributed by atoms with van der Waals surface area (Å²) in [6, 6.07) is 7.24. The van der Waals surface area contributed by atoms with Crippen LogP contribution in [-0.4, -0.2) is 67.8 Å². The van der Waals surface area contributed by atoms with Crippen LogP contribution in [0, 0.1) is 0 Å². The normalized spacial score (nSPS) is 11.1. The molecule has 0 atom stereocenters. The Kier molecular flexibility index (Phi) is 7.36. The molecule has 0 saturated heterocycles. The Morgan fingerprint density at radius 1 is 1.25 bits per heavy atom. The van der Waals surface area contributed by atoms with Gasteiger partial charge in [-0.05, 0) is 26.2 Å². The quantitative estimate of drug-likeness (QED) is 0.752. The van der Waals surface area contributed by atoms with Crippen LogP contribution >= 0.6 is 11.6 Å². The van der Waals surface area contributed by atoms with Crippen molar-refractivity contribution in [1.29, 1.82) is 0 Å². The second-order valence-corrected chi connectivity index (χ2v) is 5.16. The molecule has 0 aliphatic carbocycles. The lowest BCUT2D eigenvalue weighted by molar-refractivity contribution is -0.138. The standard InChI is InChI=1S/C14H21ClN2O3/c1-16(2)7-8-17(11-14(18)19)9-10-20-13-6-4-3-5-12(13)15/h3-6H,7-11H2,1-2H3,(H,18,19). The van der Waals surface area contributed by atoms with E-state index in [1.54, 1.807) is 12.1 Å². The number of carboxylic acids is 1. The monoisotopic (exact) mass is 300 g/mol. The molecule has 20 heavy (non-hydrogen) atoms. The van der Waals surface area contributed by atoms with E-state index in [2.05, 4.69) is 0 Å². The lowest BCUT2D eigenvalue weighted by Gasteiger charge is -2.22. The maximum absolute atomic E-state index is 10.8. The van der Waals surface area contributed by atoms with Gasteiger partial charge in [0.1, 0.15) is 12.4 Å². The van der Waals surface area contributed by atoms with E-state index in [-0.39, 0.29) is 6.54 Å². The number of halogens is 1. The van der Waals surface area contributed by atoms with Gasteiger partial charge in [-0.3, -0.25) is 9.69 Å². The Labute approximate surface area is 124 Å². The van der Waals surface area contributed by atoms with Gasteiger partial charge >= 0.3 is 5.97 Å². The number of benzene rings is 1. The third-order valence-corrected chi connectivity index (χ3v) is 3.04. The van der Waals surface area contributed by atoms with Crippen LogP contribution in [0.5, 0.6) is 5.75 Å². The number of likely N-dealkylation sites (N-methyl/N-ethyl adjacent to an activating group) is 1. The number of nitrogens with zero attached hydrogens (tertiary/aromatic N) is 2. The summed E-state index contributed by atoms with van der Waals surface area (Å²) < 4.78 is 5.58. The summed E-state index contributed by atoms with van der Waals surface area (Å²) in [4.78, 5) is 14.7. The molecule has 112 valence electrons. The summed E-state index contributed by atoms with van der Waals surface area (Å²) in [6.45, 7) is 2.46. The molecule has 0 aliphatic rings. The Balaban J connectivity index is 2.41. The Morgan fingerprint density at radius 3 is 2.55 bits per heavy atom. The molecule has 1 N–H and O–H groups in total. The second-order valence-electron chi connectivity index (χ2n) is 4.75. The van der Waals surface area contributed by atoms with Crippen LogP contribution < -0.4 is 4.74 Å². The van der Waals surface area contributed by atoms with E-state index in [0.717, 1.165) is 6.54 Å². The third kappa shape index (κ3) is 6.75. The zero-order chi connectivity index (χ0) is 15.0. The van der Waals surface area contributed by atoms with Crippen molar-refractivity contribution in [3.63, 3.8) is 0 Å². The molecule has 0 heterocycles. The van der Waals surface area contributed by atoms with E-state index < -0.39 is 5.97 Å². The number of carbonyl (C=O) groups is 1. The van der Waals surface area contributed by atoms with Crippen molar-refractivity contribution < 1.29 is 14.6 Å². The first-order valence-electron chi connectivity index (χ1n) is 6.45. The minimum Gasteiger partial charge on any atom is -0.491 e. The van der Waals surface area contributed by atoms with E-state index >= 15 is 0 Å². The first kappa shape index (κ1) is 16.8. The summed E-state index contributed by atoms with van der Waals surface area (Å²) in [5.74, 6) is -0.210. The highest BCUT2D eigenvalue weighted by Crippen LogP contribution is 2.22. The summed E-state index contributed by atoms with van der Waals surface area (Å²) in [5.41, 5.74) is 0. The highest BCUT2D eigenvalue weighted by atomic mass is 35.5. The molecule has 6 heteroatoms. The topological polar surface area (TPSA) is 53.0 Å². The number of carboxylic acid groups (broad SMARTS) is 1. The van der Waals surface area contributed by atoms with E-state index in [1.165, 1.54) is 0 Å². The van der Waals surface area contributed by atoms with Crippen LogP contribution in [0.15, 0.2) is 24.3 Å². The molecule has 0 spiro atoms. The van der Waals surface area contributed by atoms with Gasteiger partial charge in [0.25, 0.3) is 0 Å². The van der Waals surface area contributed by atoms with Crippen LogP contribution in [0.1, 0.15) is 0 Å². The lowest BCUT2D eigenvalue weighted by atomic mass is 10.3. The van der Waals surface area contributed by atoms with Crippen molar-refractivity contribution in [2.45, 2.75) is 0 Å². The van der Waals surface area contributed by atoms with Crippen LogP contribution in [0.4, 0.5) is 0 Å². The SMILES string of the molecule is CN(C)CCN(CCOc1ccccc1Cl)CC(=O)O. The Morgan fingerprint density at radius 2 is 1.95 bits per heavy atom. The molecule has 0 radical (unpaired) electrons. The minimum absolute atomic E-state index is 0.0136. The van der Waals surface area contributed by atoms with Gasteiger partial charge in [-0.25, -0.2) is 0 Å². The largest absolute Gasteiger partial charge is 0.491 e. The molecular weight excluding hydrogens is 280 g/mol. The summed E-state index contributed by atoms with van der Waals surface area (Å²) in [7, 11) is 3.92. The molecular formula is C14H21ClN2O3. The molecule has 0 saturated carbocycles. The first-order valence-corrected chi connectivity index (χ1v) is 6.83. The summed E-state index contributed by atoms with van der Waals surface area (Å²) >= 11 is 5.99. The van der Waals surface area contributed by atoms with Gasteiger partial charge in [0.05, 0.1) is 11.6 Å². The highest BCUT2D eigenvalue weighted by Gasteiger charge is 2.10. The van der Waals surface area contributed by atoms with E-state index in [0.29, 0.717) is 30.5 Å². The molecule has 0 bridgehead atoms.